The molecule has 0 fully saturated rings. The van der Waals surface area contributed by atoms with Gasteiger partial charge in [-0.3, -0.25) is 20.3 Å². The van der Waals surface area contributed by atoms with Gasteiger partial charge in [-0.25, -0.2) is 30.0 Å². The minimum Gasteiger partial charge on any atom is -0.469 e. The third-order valence-electron chi connectivity index (χ3n) is 24.5. The highest BCUT2D eigenvalue weighted by molar-refractivity contribution is 6.02. The highest BCUT2D eigenvalue weighted by Gasteiger charge is 2.24. The Hall–Kier alpha value is -14.4. The molecule has 15 aliphatic rings. The van der Waals surface area contributed by atoms with E-state index in [9.17, 15) is 0 Å². The second-order valence-corrected chi connectivity index (χ2v) is 37.3. The van der Waals surface area contributed by atoms with Crippen LogP contribution in [-0.2, 0) is 6.42 Å². The number of guanidine groups is 16. The number of nitrogens with two attached hydrogens (primary N) is 6. The lowest BCUT2D eigenvalue weighted by molar-refractivity contribution is 0.489. The molecular weight excluding hydrogens is 1800 g/mol. The molecule has 41 nitrogen and oxygen atoms in total. The average molecular weight is 1970 g/mol. The molecule has 0 aromatic carbocycles. The molecule has 7 aliphatic carbocycles. The number of furan rings is 1. The van der Waals surface area contributed by atoms with Gasteiger partial charge in [-0.15, -0.1) is 0 Å². The highest BCUT2D eigenvalue weighted by Crippen LogP contribution is 2.28. The van der Waals surface area contributed by atoms with Crippen molar-refractivity contribution in [1.82, 2.24) is 93.6 Å². The maximum Gasteiger partial charge on any atom is 0.225 e. The second-order valence-electron chi connectivity index (χ2n) is 37.3. The summed E-state index contributed by atoms with van der Waals surface area (Å²) in [6, 6.07) is 1.97. The standard InChI is InChI=1S/2C14H23N5.3C13H21N5.2C12H19N5.C11H17N5O/c2*1-10-6-5-7-12(10)8-9-15-13-16-11(2)17-14(18-13)19(3)4;3*1-9-5-4-6-11(9)7-8-18(3)13-16-10(2)15-12(14)17-13;2*1-8-4-3-5-10(8)6-7-14-12-16-9(2)15-11(13)17-12;1-7-9(4-6-17-7)3-5-13-11-15-8(2)14-10(12)16-11/h6-7,11H,5,8-9H2,1-4H3,(H2,15,16,17,18);5,7,11H,6,8-9H2,1-4H3,(H2,15,16,17,18);2*5-6,10H,4,7-8H2,1-3H3,(H3,14,15,16,17);4,6,10H,5,7-8H2,1-3H3,(H3,14,15,16,17);2*4-5,9H,3,6-7H2,1-2H3,(H4,13,14,15,16,17);4,6,8H,3,5H2,1-2H3,(H4,12,13,14,15,16). The number of rotatable bonds is 24. The summed E-state index contributed by atoms with van der Waals surface area (Å²) in [6.07, 6.45) is 48.9. The van der Waals surface area contributed by atoms with Crippen molar-refractivity contribution in [3.05, 3.63) is 187 Å². The van der Waals surface area contributed by atoms with E-state index >= 15 is 0 Å². The van der Waals surface area contributed by atoms with E-state index in [0.717, 1.165) is 172 Å². The van der Waals surface area contributed by atoms with Gasteiger partial charge in [0.05, 0.1) is 18.6 Å². The number of nitrogens with one attached hydrogen (secondary N) is 13. The summed E-state index contributed by atoms with van der Waals surface area (Å²) in [4.78, 5) is 79.2. The second kappa shape index (κ2) is 56.9. The first-order valence-electron chi connectivity index (χ1n) is 49.9. The summed E-state index contributed by atoms with van der Waals surface area (Å²) in [6.45, 7) is 39.6. The van der Waals surface area contributed by atoms with Gasteiger partial charge in [-0.2, -0.15) is 34.9 Å². The molecule has 0 saturated carbocycles. The lowest BCUT2D eigenvalue weighted by atomic mass is 10.1. The molecule has 778 valence electrons. The molecule has 143 heavy (non-hydrogen) atoms. The Morgan fingerprint density at radius 1 is 0.350 bits per heavy atom. The molecule has 8 aliphatic heterocycles. The zero-order chi connectivity index (χ0) is 104. The molecule has 8 unspecified atom stereocenters. The summed E-state index contributed by atoms with van der Waals surface area (Å²) < 4.78 is 5.22. The quantitative estimate of drug-likeness (QED) is 0.0460. The summed E-state index contributed by atoms with van der Waals surface area (Å²) in [5.41, 5.74) is 55.0. The Bertz CT molecular complexity index is 5370. The van der Waals surface area contributed by atoms with Crippen molar-refractivity contribution in [2.75, 3.05) is 102 Å². The van der Waals surface area contributed by atoms with Gasteiger partial charge in [-0.05, 0) is 258 Å². The topological polar surface area (TPSA) is 540 Å². The van der Waals surface area contributed by atoms with E-state index in [1.54, 1.807) is 6.26 Å². The molecular formula is C102H164N40O. The molecule has 1 aromatic heterocycles. The van der Waals surface area contributed by atoms with Crippen molar-refractivity contribution < 1.29 is 4.42 Å². The fraction of sp³-hybridized carbons (Fsp3) is 0.529. The van der Waals surface area contributed by atoms with Gasteiger partial charge in [0.15, 0.2) is 41.7 Å². The van der Waals surface area contributed by atoms with Gasteiger partial charge in [0.2, 0.25) is 53.6 Å². The third kappa shape index (κ3) is 39.2. The molecule has 1 aromatic rings. The summed E-state index contributed by atoms with van der Waals surface area (Å²) >= 11 is 0. The zero-order valence-corrected chi connectivity index (χ0v) is 88.9. The monoisotopic (exact) mass is 1970 g/mol. The van der Waals surface area contributed by atoms with Gasteiger partial charge >= 0.3 is 0 Å². The van der Waals surface area contributed by atoms with E-state index in [1.165, 1.54) is 83.6 Å². The molecule has 0 saturated heterocycles. The first kappa shape index (κ1) is 112. The molecule has 0 radical (unpaired) electrons. The van der Waals surface area contributed by atoms with E-state index in [1.807, 2.05) is 128 Å². The number of aryl methyl sites for hydroxylation is 1. The minimum atomic E-state index is -0.0364. The van der Waals surface area contributed by atoms with E-state index in [0.29, 0.717) is 78.1 Å². The Morgan fingerprint density at radius 2 is 0.692 bits per heavy atom. The van der Waals surface area contributed by atoms with E-state index < -0.39 is 0 Å². The van der Waals surface area contributed by atoms with E-state index in [4.69, 9.17) is 38.8 Å². The van der Waals surface area contributed by atoms with Crippen molar-refractivity contribution >= 4 is 95.4 Å². The van der Waals surface area contributed by atoms with Gasteiger partial charge < -0.3 is 127 Å². The Labute approximate surface area is 848 Å². The van der Waals surface area contributed by atoms with Crippen LogP contribution in [0.4, 0.5) is 0 Å². The first-order valence-corrected chi connectivity index (χ1v) is 49.9. The van der Waals surface area contributed by atoms with Crippen LogP contribution in [-0.4, -0.2) is 271 Å². The van der Waals surface area contributed by atoms with Crippen LogP contribution in [0.3, 0.4) is 0 Å². The highest BCUT2D eigenvalue weighted by atomic mass is 16.3. The summed E-state index contributed by atoms with van der Waals surface area (Å²) in [5, 5.41) is 40.2. The van der Waals surface area contributed by atoms with Crippen LogP contribution in [0.5, 0.6) is 0 Å². The molecule has 25 N–H and O–H groups in total. The van der Waals surface area contributed by atoms with Crippen LogP contribution in [0.25, 0.3) is 0 Å². The summed E-state index contributed by atoms with van der Waals surface area (Å²) in [7, 11) is 13.8. The van der Waals surface area contributed by atoms with Crippen LogP contribution in [0, 0.1) is 6.92 Å². The number of allylic oxidation sites excluding steroid dienone is 21. The van der Waals surface area contributed by atoms with Gasteiger partial charge in [0.1, 0.15) is 42.8 Å². The first-order chi connectivity index (χ1) is 68.2. The number of hydrogen-bond donors (Lipinski definition) is 19. The minimum absolute atomic E-state index is 0.00715. The Morgan fingerprint density at radius 3 is 1.03 bits per heavy atom. The van der Waals surface area contributed by atoms with Gasteiger partial charge in [-0.1, -0.05) is 124 Å². The van der Waals surface area contributed by atoms with Crippen LogP contribution in [0.1, 0.15) is 205 Å². The maximum atomic E-state index is 5.70. The summed E-state index contributed by atoms with van der Waals surface area (Å²) in [5.74, 6) is 10.7. The predicted molar refractivity (Wildman–Crippen MR) is 595 cm³/mol. The van der Waals surface area contributed by atoms with Crippen molar-refractivity contribution in [3.8, 4) is 0 Å². The van der Waals surface area contributed by atoms with Crippen molar-refractivity contribution in [2.24, 2.45) is 114 Å². The van der Waals surface area contributed by atoms with Crippen LogP contribution < -0.4 is 104 Å². The fourth-order valence-electron chi connectivity index (χ4n) is 16.3. The van der Waals surface area contributed by atoms with Crippen LogP contribution in [0.2, 0.25) is 0 Å². The fourth-order valence-corrected chi connectivity index (χ4v) is 16.3. The predicted octanol–water partition coefficient (Wildman–Crippen LogP) is 8.61. The lowest BCUT2D eigenvalue weighted by Gasteiger charge is -2.24. The average Bonchev–Trinajstić information content (AvgIpc) is 1.79. The Balaban J connectivity index is 0.000000182. The van der Waals surface area contributed by atoms with Crippen molar-refractivity contribution in [3.63, 3.8) is 0 Å². The molecule has 0 bridgehead atoms. The molecule has 0 spiro atoms. The van der Waals surface area contributed by atoms with Crippen LogP contribution in [0.15, 0.2) is 260 Å². The molecule has 8 atom stereocenters. The smallest absolute Gasteiger partial charge is 0.225 e. The Kier molecular flexibility index (Phi) is 44.6. The maximum absolute atomic E-state index is 5.70. The molecule has 41 heteroatoms. The largest absolute Gasteiger partial charge is 0.469 e. The van der Waals surface area contributed by atoms with Gasteiger partial charge in [0, 0.05) is 102 Å². The SMILES string of the molecule is CC1=C(CCN(C)C2=NC(C)NC(N)=N2)C=CC1.CC1=C(CCNC2=NC(N(C)C)=NC(C)N2)C=CC1.CC1=CCC=C1CCN(C)C1=NC(C)NC(N)=N1.CC1=CCC=C1CCN(C)C1=NC(C)NC(N)=N1.CC1=CCC=C1CCN=C1N=C(N)NC(C)N1.CC1=CCC=C1CCN=C1N=C(N)NC(C)N1.CC1=CCC=C1CCNC1=NC(N(C)C)=NC(C)N1.Cc1occc1CCN=C1NC(N)=NC(C)N1. The lowest BCUT2D eigenvalue weighted by Crippen LogP contribution is -2.53. The molecule has 0 amide bonds. The van der Waals surface area contributed by atoms with Crippen molar-refractivity contribution in [2.45, 2.75) is 256 Å². The molecule has 16 rings (SSSR count). The zero-order valence-electron chi connectivity index (χ0n) is 88.9. The number of hydrogen-bond acceptors (Lipinski definition) is 35. The third-order valence-corrected chi connectivity index (χ3v) is 24.5. The normalized spacial score (nSPS) is 23.2. The van der Waals surface area contributed by atoms with E-state index in [-0.39, 0.29) is 49.3 Å². The molecule has 9 heterocycles. The van der Waals surface area contributed by atoms with Crippen molar-refractivity contribution in [1.29, 1.82) is 0 Å². The van der Waals surface area contributed by atoms with Crippen LogP contribution >= 0.6 is 0 Å². The number of nitrogens with zero attached hydrogens (tertiary/aromatic N) is 21. The van der Waals surface area contributed by atoms with E-state index in [2.05, 4.69) is 297 Å². The van der Waals surface area contributed by atoms with Gasteiger partial charge in [0.25, 0.3) is 0 Å². The number of aliphatic imine (C=N–C) groups is 16.